The van der Waals surface area contributed by atoms with E-state index in [9.17, 15) is 0 Å². The molecule has 0 radical (unpaired) electrons. The predicted molar refractivity (Wildman–Crippen MR) is 70.0 cm³/mol. The first kappa shape index (κ1) is 12.2. The van der Waals surface area contributed by atoms with Crippen LogP contribution < -0.4 is 0 Å². The SMILES string of the molecule is C[N+]1(C)CCC2(CC1)OCC(c1ccccc1)O2. The van der Waals surface area contributed by atoms with Crippen molar-refractivity contribution in [3.05, 3.63) is 35.9 Å². The lowest BCUT2D eigenvalue weighted by Gasteiger charge is -2.41. The molecule has 2 heterocycles. The highest BCUT2D eigenvalue weighted by molar-refractivity contribution is 5.18. The Morgan fingerprint density at radius 3 is 2.44 bits per heavy atom. The first-order valence-corrected chi connectivity index (χ1v) is 6.77. The third-order valence-corrected chi connectivity index (χ3v) is 4.22. The van der Waals surface area contributed by atoms with Crippen molar-refractivity contribution in [1.29, 1.82) is 0 Å². The predicted octanol–water partition coefficient (Wildman–Crippen LogP) is 2.34. The maximum Gasteiger partial charge on any atom is 0.180 e. The minimum absolute atomic E-state index is 0.111. The van der Waals surface area contributed by atoms with Crippen LogP contribution in [0.15, 0.2) is 30.3 Å². The molecule has 2 aliphatic heterocycles. The zero-order chi connectivity index (χ0) is 12.6. The van der Waals surface area contributed by atoms with Crippen LogP contribution in [0, 0.1) is 0 Å². The fraction of sp³-hybridized carbons (Fsp3) is 0.600. The summed E-state index contributed by atoms with van der Waals surface area (Å²) >= 11 is 0. The number of benzene rings is 1. The van der Waals surface area contributed by atoms with Crippen molar-refractivity contribution >= 4 is 0 Å². The standard InChI is InChI=1S/C15H22NO2/c1-16(2)10-8-15(9-11-16)17-12-14(18-15)13-6-4-3-5-7-13/h3-7,14H,8-12H2,1-2H3/q+1. The summed E-state index contributed by atoms with van der Waals surface area (Å²) in [6.07, 6.45) is 2.12. The summed E-state index contributed by atoms with van der Waals surface area (Å²) < 4.78 is 13.3. The fourth-order valence-electron chi connectivity index (χ4n) is 2.83. The molecule has 1 aromatic carbocycles. The van der Waals surface area contributed by atoms with E-state index in [1.54, 1.807) is 0 Å². The van der Waals surface area contributed by atoms with Crippen LogP contribution in [0.2, 0.25) is 0 Å². The molecule has 0 saturated carbocycles. The minimum atomic E-state index is -0.311. The zero-order valence-electron chi connectivity index (χ0n) is 11.3. The Hall–Kier alpha value is -0.900. The summed E-state index contributed by atoms with van der Waals surface area (Å²) in [6.45, 7) is 2.94. The average molecular weight is 248 g/mol. The van der Waals surface area contributed by atoms with Crippen molar-refractivity contribution in [2.45, 2.75) is 24.7 Å². The van der Waals surface area contributed by atoms with Gasteiger partial charge in [-0.05, 0) is 5.56 Å². The second kappa shape index (κ2) is 4.34. The Balaban J connectivity index is 1.69. The molecule has 2 fully saturated rings. The van der Waals surface area contributed by atoms with Gasteiger partial charge < -0.3 is 14.0 Å². The second-order valence-corrected chi connectivity index (χ2v) is 6.12. The molecule has 0 aliphatic carbocycles. The molecule has 0 N–H and O–H groups in total. The molecule has 3 nitrogen and oxygen atoms in total. The smallest absolute Gasteiger partial charge is 0.180 e. The van der Waals surface area contributed by atoms with Crippen LogP contribution in [0.1, 0.15) is 24.5 Å². The van der Waals surface area contributed by atoms with Gasteiger partial charge in [0.05, 0.1) is 46.6 Å². The van der Waals surface area contributed by atoms with E-state index in [0.717, 1.165) is 30.4 Å². The van der Waals surface area contributed by atoms with Crippen LogP contribution in [-0.2, 0) is 9.47 Å². The van der Waals surface area contributed by atoms with E-state index in [2.05, 4.69) is 38.4 Å². The lowest BCUT2D eigenvalue weighted by molar-refractivity contribution is -0.898. The molecule has 98 valence electrons. The number of rotatable bonds is 1. The Bertz CT molecular complexity index is 406. The topological polar surface area (TPSA) is 18.5 Å². The van der Waals surface area contributed by atoms with Crippen molar-refractivity contribution in [1.82, 2.24) is 0 Å². The lowest BCUT2D eigenvalue weighted by Crippen LogP contribution is -2.52. The van der Waals surface area contributed by atoms with Crippen molar-refractivity contribution in [2.24, 2.45) is 0 Å². The van der Waals surface area contributed by atoms with E-state index in [1.165, 1.54) is 5.56 Å². The molecule has 2 aliphatic rings. The van der Waals surface area contributed by atoms with Crippen LogP contribution in [0.25, 0.3) is 0 Å². The van der Waals surface area contributed by atoms with Gasteiger partial charge in [0.15, 0.2) is 5.79 Å². The molecule has 3 rings (SSSR count). The number of likely N-dealkylation sites (tertiary alicyclic amines) is 1. The van der Waals surface area contributed by atoms with Crippen LogP contribution in [0.3, 0.4) is 0 Å². The van der Waals surface area contributed by atoms with Gasteiger partial charge in [-0.25, -0.2) is 0 Å². The summed E-state index contributed by atoms with van der Waals surface area (Å²) in [4.78, 5) is 0. The van der Waals surface area contributed by atoms with E-state index in [-0.39, 0.29) is 11.9 Å². The van der Waals surface area contributed by atoms with Crippen LogP contribution in [0.4, 0.5) is 0 Å². The molecule has 0 amide bonds. The number of hydrogen-bond donors (Lipinski definition) is 0. The first-order valence-electron chi connectivity index (χ1n) is 6.77. The number of quaternary nitrogens is 1. The largest absolute Gasteiger partial charge is 0.346 e. The molecular formula is C15H22NO2+. The maximum atomic E-state index is 6.24. The molecule has 1 atom stereocenters. The van der Waals surface area contributed by atoms with Gasteiger partial charge in [0.2, 0.25) is 0 Å². The van der Waals surface area contributed by atoms with Crippen molar-refractivity contribution in [3.8, 4) is 0 Å². The highest BCUT2D eigenvalue weighted by Gasteiger charge is 2.47. The quantitative estimate of drug-likeness (QED) is 0.710. The van der Waals surface area contributed by atoms with Gasteiger partial charge >= 0.3 is 0 Å². The van der Waals surface area contributed by atoms with E-state index >= 15 is 0 Å². The van der Waals surface area contributed by atoms with E-state index in [1.807, 2.05) is 6.07 Å². The third-order valence-electron chi connectivity index (χ3n) is 4.22. The minimum Gasteiger partial charge on any atom is -0.346 e. The van der Waals surface area contributed by atoms with E-state index in [0.29, 0.717) is 6.61 Å². The fourth-order valence-corrected chi connectivity index (χ4v) is 2.83. The molecule has 3 heteroatoms. The second-order valence-electron chi connectivity index (χ2n) is 6.12. The monoisotopic (exact) mass is 248 g/mol. The summed E-state index contributed by atoms with van der Waals surface area (Å²) in [5.41, 5.74) is 1.23. The molecule has 18 heavy (non-hydrogen) atoms. The highest BCUT2D eigenvalue weighted by Crippen LogP contribution is 2.40. The molecule has 1 unspecified atom stereocenters. The van der Waals surface area contributed by atoms with Crippen LogP contribution >= 0.6 is 0 Å². The molecular weight excluding hydrogens is 226 g/mol. The zero-order valence-corrected chi connectivity index (χ0v) is 11.3. The molecule has 1 spiro atoms. The summed E-state index contributed by atoms with van der Waals surface area (Å²) in [7, 11) is 4.55. The van der Waals surface area contributed by atoms with Crippen LogP contribution in [0.5, 0.6) is 0 Å². The third kappa shape index (κ3) is 2.30. The molecule has 1 aromatic rings. The van der Waals surface area contributed by atoms with Gasteiger partial charge in [-0.2, -0.15) is 0 Å². The summed E-state index contributed by atoms with van der Waals surface area (Å²) in [6, 6.07) is 10.4. The van der Waals surface area contributed by atoms with Gasteiger partial charge in [0, 0.05) is 0 Å². The molecule has 0 bridgehead atoms. The number of piperidine rings is 1. The Morgan fingerprint density at radius 1 is 1.11 bits per heavy atom. The van der Waals surface area contributed by atoms with Gasteiger partial charge in [-0.1, -0.05) is 30.3 Å². The number of nitrogens with zero attached hydrogens (tertiary/aromatic N) is 1. The van der Waals surface area contributed by atoms with Crippen molar-refractivity contribution in [3.63, 3.8) is 0 Å². The van der Waals surface area contributed by atoms with Gasteiger partial charge in [-0.3, -0.25) is 0 Å². The number of hydrogen-bond acceptors (Lipinski definition) is 2. The van der Waals surface area contributed by atoms with E-state index in [4.69, 9.17) is 9.47 Å². The number of ether oxygens (including phenoxy) is 2. The van der Waals surface area contributed by atoms with Crippen LogP contribution in [-0.4, -0.2) is 44.1 Å². The van der Waals surface area contributed by atoms with Gasteiger partial charge in [0.1, 0.15) is 6.10 Å². The van der Waals surface area contributed by atoms with Crippen molar-refractivity contribution in [2.75, 3.05) is 33.8 Å². The molecule has 0 aromatic heterocycles. The normalized spacial score (nSPS) is 29.6. The van der Waals surface area contributed by atoms with Crippen molar-refractivity contribution < 1.29 is 14.0 Å². The first-order chi connectivity index (χ1) is 8.59. The average Bonchev–Trinajstić information content (AvgIpc) is 2.80. The van der Waals surface area contributed by atoms with Gasteiger partial charge in [0.25, 0.3) is 0 Å². The Morgan fingerprint density at radius 2 is 1.78 bits per heavy atom. The molecule has 2 saturated heterocycles. The highest BCUT2D eigenvalue weighted by atomic mass is 16.7. The van der Waals surface area contributed by atoms with E-state index < -0.39 is 0 Å². The lowest BCUT2D eigenvalue weighted by atomic mass is 10.0. The Labute approximate surface area is 109 Å². The summed E-state index contributed by atoms with van der Waals surface area (Å²) in [5, 5.41) is 0. The summed E-state index contributed by atoms with van der Waals surface area (Å²) in [5.74, 6) is -0.311. The van der Waals surface area contributed by atoms with Gasteiger partial charge in [-0.15, -0.1) is 0 Å². The maximum absolute atomic E-state index is 6.24. The Kier molecular flexibility index (Phi) is 2.93.